The fourth-order valence-corrected chi connectivity index (χ4v) is 3.28. The number of aryl methyl sites for hydroxylation is 1. The Labute approximate surface area is 172 Å². The van der Waals surface area contributed by atoms with E-state index in [2.05, 4.69) is 20.2 Å². The Bertz CT molecular complexity index is 1020. The van der Waals surface area contributed by atoms with Crippen LogP contribution in [0.1, 0.15) is 17.5 Å². The molecule has 0 aliphatic carbocycles. The third-order valence-electron chi connectivity index (χ3n) is 4.41. The van der Waals surface area contributed by atoms with E-state index in [0.717, 1.165) is 30.5 Å². The first-order valence-corrected chi connectivity index (χ1v) is 9.57. The second kappa shape index (κ2) is 8.55. The summed E-state index contributed by atoms with van der Waals surface area (Å²) < 4.78 is 39.8. The summed E-state index contributed by atoms with van der Waals surface area (Å²) >= 11 is 6.32. The van der Waals surface area contributed by atoms with Crippen LogP contribution >= 0.6 is 11.6 Å². The number of alkyl halides is 3. The number of rotatable bonds is 6. The molecule has 154 valence electrons. The Morgan fingerprint density at radius 2 is 1.86 bits per heavy atom. The molecule has 8 heteroatoms. The highest BCUT2D eigenvalue weighted by molar-refractivity contribution is 6.35. The van der Waals surface area contributed by atoms with Crippen LogP contribution in [0.2, 0.25) is 5.02 Å². The highest BCUT2D eigenvalue weighted by Gasteiger charge is 2.31. The predicted molar refractivity (Wildman–Crippen MR) is 111 cm³/mol. The van der Waals surface area contributed by atoms with Crippen LogP contribution in [-0.4, -0.2) is 42.1 Å². The van der Waals surface area contributed by atoms with Gasteiger partial charge in [0, 0.05) is 17.5 Å². The van der Waals surface area contributed by atoms with Crippen LogP contribution in [0.4, 0.5) is 19.0 Å². The molecule has 2 aromatic carbocycles. The van der Waals surface area contributed by atoms with Crippen LogP contribution in [-0.2, 0) is 6.18 Å². The van der Waals surface area contributed by atoms with Gasteiger partial charge in [-0.25, -0.2) is 9.97 Å². The summed E-state index contributed by atoms with van der Waals surface area (Å²) in [7, 11) is 3.99. The fraction of sp³-hybridized carbons (Fsp3) is 0.333. The molecule has 1 heterocycles. The maximum atomic E-state index is 13.3. The Morgan fingerprint density at radius 3 is 2.55 bits per heavy atom. The van der Waals surface area contributed by atoms with Gasteiger partial charge in [0.15, 0.2) is 5.82 Å². The Hall–Kier alpha value is -2.38. The third-order valence-corrected chi connectivity index (χ3v) is 4.72. The summed E-state index contributed by atoms with van der Waals surface area (Å²) in [5.74, 6) is 0.760. The number of halogens is 4. The minimum absolute atomic E-state index is 0.204. The maximum absolute atomic E-state index is 13.3. The molecular formula is C21H22ClF3N4. The molecule has 1 aromatic heterocycles. The van der Waals surface area contributed by atoms with E-state index in [1.165, 1.54) is 0 Å². The van der Waals surface area contributed by atoms with Crippen molar-refractivity contribution >= 4 is 28.3 Å². The number of aromatic nitrogens is 2. The number of hydrogen-bond acceptors (Lipinski definition) is 4. The SMILES string of the molecule is Cc1cc(-c2nc(NCCCN(C)C)c3cccc(Cl)c3n2)cc(C(F)(F)F)c1. The molecule has 0 spiro atoms. The Kier molecular flexibility index (Phi) is 6.29. The minimum atomic E-state index is -4.44. The first-order valence-electron chi connectivity index (χ1n) is 9.19. The molecule has 0 saturated carbocycles. The van der Waals surface area contributed by atoms with Crippen LogP contribution in [0, 0.1) is 6.92 Å². The lowest BCUT2D eigenvalue weighted by Crippen LogP contribution is -2.17. The van der Waals surface area contributed by atoms with E-state index in [4.69, 9.17) is 11.6 Å². The lowest BCUT2D eigenvalue weighted by Gasteiger charge is -2.14. The van der Waals surface area contributed by atoms with Gasteiger partial charge in [-0.3, -0.25) is 0 Å². The quantitative estimate of drug-likeness (QED) is 0.522. The van der Waals surface area contributed by atoms with Gasteiger partial charge in [-0.05, 0) is 69.9 Å². The van der Waals surface area contributed by atoms with Gasteiger partial charge in [0.25, 0.3) is 0 Å². The van der Waals surface area contributed by atoms with Crippen LogP contribution < -0.4 is 5.32 Å². The summed E-state index contributed by atoms with van der Waals surface area (Å²) in [5, 5.41) is 4.43. The van der Waals surface area contributed by atoms with E-state index in [-0.39, 0.29) is 5.82 Å². The van der Waals surface area contributed by atoms with Gasteiger partial charge in [0.1, 0.15) is 5.82 Å². The zero-order valence-corrected chi connectivity index (χ0v) is 17.2. The number of nitrogens with zero attached hydrogens (tertiary/aromatic N) is 3. The van der Waals surface area contributed by atoms with Crippen LogP contribution in [0.25, 0.3) is 22.3 Å². The van der Waals surface area contributed by atoms with E-state index in [0.29, 0.717) is 34.0 Å². The summed E-state index contributed by atoms with van der Waals surface area (Å²) in [6, 6.07) is 9.17. The molecule has 4 nitrogen and oxygen atoms in total. The highest BCUT2D eigenvalue weighted by Crippen LogP contribution is 2.34. The fourth-order valence-electron chi connectivity index (χ4n) is 3.06. The molecule has 0 bridgehead atoms. The highest BCUT2D eigenvalue weighted by atomic mass is 35.5. The monoisotopic (exact) mass is 422 g/mol. The molecule has 0 fully saturated rings. The van der Waals surface area contributed by atoms with E-state index in [1.54, 1.807) is 25.1 Å². The Balaban J connectivity index is 2.07. The normalized spacial score (nSPS) is 12.0. The number of nitrogens with one attached hydrogen (secondary N) is 1. The minimum Gasteiger partial charge on any atom is -0.369 e. The summed E-state index contributed by atoms with van der Waals surface area (Å²) in [6.07, 6.45) is -3.56. The van der Waals surface area contributed by atoms with E-state index in [1.807, 2.05) is 20.2 Å². The summed E-state index contributed by atoms with van der Waals surface area (Å²) in [4.78, 5) is 11.1. The van der Waals surface area contributed by atoms with Gasteiger partial charge in [-0.2, -0.15) is 13.2 Å². The molecule has 0 amide bonds. The van der Waals surface area contributed by atoms with Crippen molar-refractivity contribution in [2.45, 2.75) is 19.5 Å². The number of hydrogen-bond donors (Lipinski definition) is 1. The van der Waals surface area contributed by atoms with Crippen LogP contribution in [0.5, 0.6) is 0 Å². The molecule has 29 heavy (non-hydrogen) atoms. The average Bonchev–Trinajstić information content (AvgIpc) is 2.64. The zero-order chi connectivity index (χ0) is 21.2. The molecule has 0 aliphatic heterocycles. The average molecular weight is 423 g/mol. The topological polar surface area (TPSA) is 41.1 Å². The van der Waals surface area contributed by atoms with Gasteiger partial charge in [-0.1, -0.05) is 17.7 Å². The lowest BCUT2D eigenvalue weighted by atomic mass is 10.1. The second-order valence-corrected chi connectivity index (χ2v) is 7.61. The van der Waals surface area contributed by atoms with Crippen molar-refractivity contribution < 1.29 is 13.2 Å². The van der Waals surface area contributed by atoms with Crippen molar-refractivity contribution in [1.82, 2.24) is 14.9 Å². The van der Waals surface area contributed by atoms with E-state index in [9.17, 15) is 13.2 Å². The number of fused-ring (bicyclic) bond motifs is 1. The molecule has 0 atom stereocenters. The lowest BCUT2D eigenvalue weighted by molar-refractivity contribution is -0.137. The number of anilines is 1. The van der Waals surface area contributed by atoms with Crippen molar-refractivity contribution in [3.05, 3.63) is 52.5 Å². The molecule has 3 aromatic rings. The summed E-state index contributed by atoms with van der Waals surface area (Å²) in [6.45, 7) is 3.18. The molecule has 0 radical (unpaired) electrons. The van der Waals surface area contributed by atoms with Crippen molar-refractivity contribution in [2.24, 2.45) is 0 Å². The van der Waals surface area contributed by atoms with E-state index >= 15 is 0 Å². The van der Waals surface area contributed by atoms with Crippen molar-refractivity contribution in [2.75, 3.05) is 32.5 Å². The smallest absolute Gasteiger partial charge is 0.369 e. The van der Waals surface area contributed by atoms with Crippen molar-refractivity contribution in [1.29, 1.82) is 0 Å². The van der Waals surface area contributed by atoms with Gasteiger partial charge in [0.05, 0.1) is 16.1 Å². The number of para-hydroxylation sites is 1. The summed E-state index contributed by atoms with van der Waals surface area (Å²) in [5.41, 5.74) is 0.564. The Morgan fingerprint density at radius 1 is 1.10 bits per heavy atom. The molecule has 3 rings (SSSR count). The van der Waals surface area contributed by atoms with Crippen molar-refractivity contribution in [3.8, 4) is 11.4 Å². The molecule has 0 saturated heterocycles. The molecule has 1 N–H and O–H groups in total. The van der Waals surface area contributed by atoms with Crippen LogP contribution in [0.15, 0.2) is 36.4 Å². The second-order valence-electron chi connectivity index (χ2n) is 7.20. The van der Waals surface area contributed by atoms with Gasteiger partial charge < -0.3 is 10.2 Å². The maximum Gasteiger partial charge on any atom is 0.416 e. The van der Waals surface area contributed by atoms with Gasteiger partial charge in [-0.15, -0.1) is 0 Å². The zero-order valence-electron chi connectivity index (χ0n) is 16.4. The third kappa shape index (κ3) is 5.16. The number of benzene rings is 2. The standard InChI is InChI=1S/C21H22ClF3N4/c1-13-10-14(12-15(11-13)21(23,24)25)19-27-18-16(6-4-7-17(18)22)20(28-19)26-8-5-9-29(2)3/h4,6-7,10-12H,5,8-9H2,1-3H3,(H,26,27,28). The van der Waals surface area contributed by atoms with Crippen molar-refractivity contribution in [3.63, 3.8) is 0 Å². The van der Waals surface area contributed by atoms with E-state index < -0.39 is 11.7 Å². The van der Waals surface area contributed by atoms with Gasteiger partial charge in [0.2, 0.25) is 0 Å². The van der Waals surface area contributed by atoms with Gasteiger partial charge >= 0.3 is 6.18 Å². The molecule has 0 aliphatic rings. The predicted octanol–water partition coefficient (Wildman–Crippen LogP) is 5.64. The van der Waals surface area contributed by atoms with Crippen LogP contribution in [0.3, 0.4) is 0 Å². The first kappa shape index (κ1) is 21.3. The largest absolute Gasteiger partial charge is 0.416 e. The first-order chi connectivity index (χ1) is 13.6. The molecular weight excluding hydrogens is 401 g/mol. The molecule has 0 unspecified atom stereocenters.